The predicted molar refractivity (Wildman–Crippen MR) is 52.0 cm³/mol. The van der Waals surface area contributed by atoms with Gasteiger partial charge in [0, 0.05) is 19.2 Å². The van der Waals surface area contributed by atoms with E-state index in [4.69, 9.17) is 5.11 Å². The van der Waals surface area contributed by atoms with Gasteiger partial charge in [0.1, 0.15) is 6.17 Å². The Morgan fingerprint density at radius 2 is 2.43 bits per heavy atom. The molecule has 14 heavy (non-hydrogen) atoms. The van der Waals surface area contributed by atoms with Crippen LogP contribution in [0, 0.1) is 0 Å². The van der Waals surface area contributed by atoms with E-state index in [9.17, 15) is 9.18 Å². The summed E-state index contributed by atoms with van der Waals surface area (Å²) in [5, 5.41) is 8.33. The number of carbonyl (C=O) groups is 1. The highest BCUT2D eigenvalue weighted by Gasteiger charge is 2.17. The molecule has 0 aromatic carbocycles. The van der Waals surface area contributed by atoms with Crippen LogP contribution < -0.4 is 0 Å². The van der Waals surface area contributed by atoms with Crippen molar-refractivity contribution in [3.05, 3.63) is 12.2 Å². The highest BCUT2D eigenvalue weighted by atomic mass is 19.1. The topological polar surface area (TPSA) is 40.5 Å². The van der Waals surface area contributed by atoms with Crippen LogP contribution in [0.3, 0.4) is 0 Å². The molecule has 0 bridgehead atoms. The molecule has 3 nitrogen and oxygen atoms in total. The van der Waals surface area contributed by atoms with E-state index in [0.29, 0.717) is 19.4 Å². The molecular weight excluding hydrogens is 185 g/mol. The van der Waals surface area contributed by atoms with Gasteiger partial charge in [-0.1, -0.05) is 6.08 Å². The predicted octanol–water partition coefficient (Wildman–Crippen LogP) is 1.45. The first-order valence-corrected chi connectivity index (χ1v) is 4.94. The number of likely N-dealkylation sites (tertiary alicyclic amines) is 1. The van der Waals surface area contributed by atoms with Crippen molar-refractivity contribution in [1.82, 2.24) is 4.90 Å². The van der Waals surface area contributed by atoms with Crippen LogP contribution >= 0.6 is 0 Å². The maximum absolute atomic E-state index is 12.9. The Morgan fingerprint density at radius 1 is 1.64 bits per heavy atom. The number of nitrogens with zero attached hydrogens (tertiary/aromatic N) is 1. The summed E-state index contributed by atoms with van der Waals surface area (Å²) < 4.78 is 12.9. The fourth-order valence-corrected chi connectivity index (χ4v) is 1.64. The Morgan fingerprint density at radius 3 is 3.07 bits per heavy atom. The Kier molecular flexibility index (Phi) is 4.59. The van der Waals surface area contributed by atoms with Gasteiger partial charge in [-0.2, -0.15) is 0 Å². The highest BCUT2D eigenvalue weighted by molar-refractivity contribution is 5.79. The first-order valence-electron chi connectivity index (χ1n) is 4.94. The number of carboxylic acids is 1. The SMILES string of the molecule is O=C(O)/C=C/CCN1CCCC(F)C1. The van der Waals surface area contributed by atoms with Crippen LogP contribution in [0.15, 0.2) is 12.2 Å². The van der Waals surface area contributed by atoms with Gasteiger partial charge in [-0.25, -0.2) is 9.18 Å². The van der Waals surface area contributed by atoms with Crippen molar-refractivity contribution in [1.29, 1.82) is 0 Å². The van der Waals surface area contributed by atoms with Crippen molar-refractivity contribution in [2.45, 2.75) is 25.4 Å². The van der Waals surface area contributed by atoms with E-state index < -0.39 is 12.1 Å². The van der Waals surface area contributed by atoms with E-state index in [0.717, 1.165) is 25.6 Å². The maximum Gasteiger partial charge on any atom is 0.327 e. The molecule has 0 aliphatic carbocycles. The first kappa shape index (κ1) is 11.2. The van der Waals surface area contributed by atoms with Gasteiger partial charge in [0.25, 0.3) is 0 Å². The Labute approximate surface area is 83.2 Å². The minimum Gasteiger partial charge on any atom is -0.478 e. The summed E-state index contributed by atoms with van der Waals surface area (Å²) in [5.41, 5.74) is 0. The van der Waals surface area contributed by atoms with Crippen LogP contribution in [0.4, 0.5) is 4.39 Å². The van der Waals surface area contributed by atoms with E-state index in [1.165, 1.54) is 0 Å². The van der Waals surface area contributed by atoms with E-state index in [1.54, 1.807) is 6.08 Å². The van der Waals surface area contributed by atoms with Crippen LogP contribution in [0.2, 0.25) is 0 Å². The van der Waals surface area contributed by atoms with Crippen LogP contribution in [0.1, 0.15) is 19.3 Å². The van der Waals surface area contributed by atoms with Crippen LogP contribution in [0.5, 0.6) is 0 Å². The Hall–Kier alpha value is -0.900. The number of piperidine rings is 1. The third-order valence-electron chi connectivity index (χ3n) is 2.32. The molecule has 1 rings (SSSR count). The lowest BCUT2D eigenvalue weighted by molar-refractivity contribution is -0.131. The van der Waals surface area contributed by atoms with Gasteiger partial charge in [0.05, 0.1) is 0 Å². The fraction of sp³-hybridized carbons (Fsp3) is 0.700. The molecule has 4 heteroatoms. The smallest absolute Gasteiger partial charge is 0.327 e. The maximum atomic E-state index is 12.9. The normalized spacial score (nSPS) is 24.2. The van der Waals surface area contributed by atoms with Gasteiger partial charge in [-0.3, -0.25) is 0 Å². The molecule has 0 aromatic rings. The van der Waals surface area contributed by atoms with Gasteiger partial charge in [-0.15, -0.1) is 0 Å². The number of alkyl halides is 1. The van der Waals surface area contributed by atoms with E-state index in [2.05, 4.69) is 0 Å². The summed E-state index contributed by atoms with van der Waals surface area (Å²) in [4.78, 5) is 12.2. The third kappa shape index (κ3) is 4.37. The van der Waals surface area contributed by atoms with Crippen molar-refractivity contribution in [2.24, 2.45) is 0 Å². The van der Waals surface area contributed by atoms with Crippen LogP contribution in [-0.2, 0) is 4.79 Å². The molecule has 1 unspecified atom stereocenters. The number of carboxylic acid groups (broad SMARTS) is 1. The molecule has 0 amide bonds. The van der Waals surface area contributed by atoms with Crippen LogP contribution in [0.25, 0.3) is 0 Å². The lowest BCUT2D eigenvalue weighted by atomic mass is 10.1. The zero-order valence-corrected chi connectivity index (χ0v) is 8.16. The monoisotopic (exact) mass is 201 g/mol. The van der Waals surface area contributed by atoms with Gasteiger partial charge in [0.2, 0.25) is 0 Å². The van der Waals surface area contributed by atoms with Crippen LogP contribution in [-0.4, -0.2) is 41.8 Å². The number of rotatable bonds is 4. The molecular formula is C10H16FNO2. The highest BCUT2D eigenvalue weighted by Crippen LogP contribution is 2.12. The number of halogens is 1. The first-order chi connectivity index (χ1) is 6.68. The summed E-state index contributed by atoms with van der Waals surface area (Å²) in [6, 6.07) is 0. The summed E-state index contributed by atoms with van der Waals surface area (Å²) in [5.74, 6) is -0.924. The lowest BCUT2D eigenvalue weighted by Crippen LogP contribution is -2.36. The number of hydrogen-bond acceptors (Lipinski definition) is 2. The molecule has 1 N–H and O–H groups in total. The minimum absolute atomic E-state index is 0.501. The molecule has 1 saturated heterocycles. The quantitative estimate of drug-likeness (QED) is 0.700. The average Bonchev–Trinajstić information content (AvgIpc) is 2.12. The van der Waals surface area contributed by atoms with Crippen molar-refractivity contribution in [3.8, 4) is 0 Å². The summed E-state index contributed by atoms with van der Waals surface area (Å²) in [7, 11) is 0. The Balaban J connectivity index is 2.14. The zero-order valence-electron chi connectivity index (χ0n) is 8.16. The van der Waals surface area contributed by atoms with E-state index in [1.807, 2.05) is 4.90 Å². The Bertz CT molecular complexity index is 218. The summed E-state index contributed by atoms with van der Waals surface area (Å²) in [6.45, 7) is 2.19. The fourth-order valence-electron chi connectivity index (χ4n) is 1.64. The van der Waals surface area contributed by atoms with E-state index in [-0.39, 0.29) is 0 Å². The van der Waals surface area contributed by atoms with Crippen molar-refractivity contribution in [2.75, 3.05) is 19.6 Å². The summed E-state index contributed by atoms with van der Waals surface area (Å²) in [6.07, 6.45) is 4.30. The zero-order chi connectivity index (χ0) is 10.4. The molecule has 1 aliphatic rings. The standard InChI is InChI=1S/C10H16FNO2/c11-9-4-3-7-12(8-9)6-2-1-5-10(13)14/h1,5,9H,2-4,6-8H2,(H,13,14)/b5-1+. The van der Waals surface area contributed by atoms with Gasteiger partial charge < -0.3 is 10.0 Å². The van der Waals surface area contributed by atoms with Crippen molar-refractivity contribution >= 4 is 5.97 Å². The lowest BCUT2D eigenvalue weighted by Gasteiger charge is -2.28. The number of aliphatic carboxylic acids is 1. The molecule has 0 saturated carbocycles. The van der Waals surface area contributed by atoms with Gasteiger partial charge in [-0.05, 0) is 25.8 Å². The number of hydrogen-bond donors (Lipinski definition) is 1. The molecule has 1 aliphatic heterocycles. The van der Waals surface area contributed by atoms with Gasteiger partial charge in [0.15, 0.2) is 0 Å². The van der Waals surface area contributed by atoms with Crippen molar-refractivity contribution < 1.29 is 14.3 Å². The molecule has 1 fully saturated rings. The van der Waals surface area contributed by atoms with Crippen molar-refractivity contribution in [3.63, 3.8) is 0 Å². The molecule has 1 heterocycles. The van der Waals surface area contributed by atoms with E-state index >= 15 is 0 Å². The molecule has 80 valence electrons. The molecule has 0 aromatic heterocycles. The largest absolute Gasteiger partial charge is 0.478 e. The second-order valence-electron chi connectivity index (χ2n) is 3.57. The second kappa shape index (κ2) is 5.75. The third-order valence-corrected chi connectivity index (χ3v) is 2.32. The molecule has 0 radical (unpaired) electrons. The summed E-state index contributed by atoms with van der Waals surface area (Å²) >= 11 is 0. The molecule has 1 atom stereocenters. The van der Waals surface area contributed by atoms with Gasteiger partial charge >= 0.3 is 5.97 Å². The minimum atomic E-state index is -0.924. The molecule has 0 spiro atoms. The average molecular weight is 201 g/mol. The second-order valence-corrected chi connectivity index (χ2v) is 3.57.